The molecule has 3 N–H and O–H groups in total. The van der Waals surface area contributed by atoms with Gasteiger partial charge in [-0.1, -0.05) is 34.1 Å². The number of nitrogens with one attached hydrogen (secondary N) is 2. The molecule has 1 aromatic carbocycles. The topological polar surface area (TPSA) is 78.4 Å². The number of carbonyl (C=O) groups excluding carboxylic acids is 2. The zero-order valence-electron chi connectivity index (χ0n) is 14.4. The minimum Gasteiger partial charge on any atom is -0.394 e. The predicted octanol–water partition coefficient (Wildman–Crippen LogP) is 2.81. The smallest absolute Gasteiger partial charge is 0.251 e. The first kappa shape index (κ1) is 19.2. The van der Waals surface area contributed by atoms with Gasteiger partial charge in [-0.15, -0.1) is 0 Å². The predicted molar refractivity (Wildman–Crippen MR) is 92.3 cm³/mol. The Bertz CT molecular complexity index is 510. The van der Waals surface area contributed by atoms with Crippen molar-refractivity contribution in [3.05, 3.63) is 29.8 Å². The molecule has 0 aliphatic carbocycles. The SMILES string of the molecule is CCC(CO)NC(=O)c1ccc(NC(=O)C(C)C(C)CC)cc1. The van der Waals surface area contributed by atoms with Crippen LogP contribution in [0.2, 0.25) is 0 Å². The second-order valence-corrected chi connectivity index (χ2v) is 6.00. The van der Waals surface area contributed by atoms with Crippen LogP contribution >= 0.6 is 0 Å². The van der Waals surface area contributed by atoms with Gasteiger partial charge in [0.1, 0.15) is 0 Å². The molecule has 5 heteroatoms. The number of hydrogen-bond acceptors (Lipinski definition) is 3. The maximum atomic E-state index is 12.1. The van der Waals surface area contributed by atoms with Gasteiger partial charge in [-0.05, 0) is 36.6 Å². The van der Waals surface area contributed by atoms with Crippen molar-refractivity contribution in [3.8, 4) is 0 Å². The summed E-state index contributed by atoms with van der Waals surface area (Å²) in [4.78, 5) is 24.2. The third kappa shape index (κ3) is 5.67. The Morgan fingerprint density at radius 2 is 1.70 bits per heavy atom. The maximum Gasteiger partial charge on any atom is 0.251 e. The molecule has 5 nitrogen and oxygen atoms in total. The Morgan fingerprint density at radius 1 is 1.09 bits per heavy atom. The Morgan fingerprint density at radius 3 is 2.17 bits per heavy atom. The summed E-state index contributed by atoms with van der Waals surface area (Å²) < 4.78 is 0. The fraction of sp³-hybridized carbons (Fsp3) is 0.556. The van der Waals surface area contributed by atoms with Gasteiger partial charge in [0.15, 0.2) is 0 Å². The molecule has 0 radical (unpaired) electrons. The summed E-state index contributed by atoms with van der Waals surface area (Å²) in [7, 11) is 0. The summed E-state index contributed by atoms with van der Waals surface area (Å²) >= 11 is 0. The van der Waals surface area contributed by atoms with Crippen LogP contribution in [0.5, 0.6) is 0 Å². The van der Waals surface area contributed by atoms with E-state index in [1.807, 2.05) is 13.8 Å². The number of amides is 2. The van der Waals surface area contributed by atoms with Crippen molar-refractivity contribution >= 4 is 17.5 Å². The van der Waals surface area contributed by atoms with Crippen molar-refractivity contribution in [1.82, 2.24) is 5.32 Å². The van der Waals surface area contributed by atoms with E-state index < -0.39 is 0 Å². The van der Waals surface area contributed by atoms with E-state index >= 15 is 0 Å². The van der Waals surface area contributed by atoms with Crippen LogP contribution in [-0.4, -0.2) is 29.6 Å². The molecule has 0 aromatic heterocycles. The Labute approximate surface area is 138 Å². The largest absolute Gasteiger partial charge is 0.394 e. The van der Waals surface area contributed by atoms with Crippen LogP contribution in [0.1, 0.15) is 50.9 Å². The third-order valence-electron chi connectivity index (χ3n) is 4.37. The summed E-state index contributed by atoms with van der Waals surface area (Å²) in [6, 6.07) is 6.54. The monoisotopic (exact) mass is 320 g/mol. The van der Waals surface area contributed by atoms with E-state index in [0.717, 1.165) is 6.42 Å². The molecular weight excluding hydrogens is 292 g/mol. The van der Waals surface area contributed by atoms with Gasteiger partial charge in [-0.3, -0.25) is 9.59 Å². The summed E-state index contributed by atoms with van der Waals surface area (Å²) in [6.45, 7) is 7.87. The molecule has 0 bridgehead atoms. The number of hydrogen-bond donors (Lipinski definition) is 3. The summed E-state index contributed by atoms with van der Waals surface area (Å²) in [6.07, 6.45) is 1.63. The van der Waals surface area contributed by atoms with E-state index in [0.29, 0.717) is 23.6 Å². The molecule has 1 aromatic rings. The lowest BCUT2D eigenvalue weighted by molar-refractivity contribution is -0.120. The van der Waals surface area contributed by atoms with Crippen molar-refractivity contribution in [3.63, 3.8) is 0 Å². The first-order chi connectivity index (χ1) is 10.9. The van der Waals surface area contributed by atoms with Gasteiger partial charge in [-0.25, -0.2) is 0 Å². The molecule has 128 valence electrons. The molecule has 1 rings (SSSR count). The lowest BCUT2D eigenvalue weighted by Gasteiger charge is -2.18. The van der Waals surface area contributed by atoms with Gasteiger partial charge in [-0.2, -0.15) is 0 Å². The second-order valence-electron chi connectivity index (χ2n) is 6.00. The Hall–Kier alpha value is -1.88. The molecule has 0 aliphatic heterocycles. The molecule has 3 unspecified atom stereocenters. The fourth-order valence-corrected chi connectivity index (χ4v) is 2.12. The number of rotatable bonds is 8. The number of benzene rings is 1. The van der Waals surface area contributed by atoms with Crippen molar-refractivity contribution in [2.24, 2.45) is 11.8 Å². The van der Waals surface area contributed by atoms with E-state index in [-0.39, 0.29) is 30.4 Å². The highest BCUT2D eigenvalue weighted by atomic mass is 16.3. The zero-order chi connectivity index (χ0) is 17.4. The minimum atomic E-state index is -0.238. The highest BCUT2D eigenvalue weighted by Crippen LogP contribution is 2.17. The highest BCUT2D eigenvalue weighted by Gasteiger charge is 2.19. The minimum absolute atomic E-state index is 0.0112. The van der Waals surface area contributed by atoms with Crippen molar-refractivity contribution in [2.75, 3.05) is 11.9 Å². The van der Waals surface area contributed by atoms with Crippen molar-refractivity contribution in [2.45, 2.75) is 46.6 Å². The summed E-state index contributed by atoms with van der Waals surface area (Å²) in [5, 5.41) is 14.8. The lowest BCUT2D eigenvalue weighted by atomic mass is 9.93. The quantitative estimate of drug-likeness (QED) is 0.689. The van der Waals surface area contributed by atoms with Crippen LogP contribution in [0, 0.1) is 11.8 Å². The molecule has 0 heterocycles. The highest BCUT2D eigenvalue weighted by molar-refractivity contribution is 5.96. The van der Waals surface area contributed by atoms with Gasteiger partial charge in [0.25, 0.3) is 5.91 Å². The molecule has 0 fully saturated rings. The number of anilines is 1. The van der Waals surface area contributed by atoms with Crippen LogP contribution in [0.25, 0.3) is 0 Å². The van der Waals surface area contributed by atoms with E-state index in [1.54, 1.807) is 24.3 Å². The fourth-order valence-electron chi connectivity index (χ4n) is 2.12. The van der Waals surface area contributed by atoms with Crippen molar-refractivity contribution in [1.29, 1.82) is 0 Å². The van der Waals surface area contributed by atoms with Crippen LogP contribution in [0.15, 0.2) is 24.3 Å². The van der Waals surface area contributed by atoms with E-state index in [4.69, 9.17) is 5.11 Å². The van der Waals surface area contributed by atoms with Gasteiger partial charge in [0, 0.05) is 17.2 Å². The van der Waals surface area contributed by atoms with Crippen LogP contribution < -0.4 is 10.6 Å². The van der Waals surface area contributed by atoms with Crippen LogP contribution in [-0.2, 0) is 4.79 Å². The number of carbonyl (C=O) groups is 2. The van der Waals surface area contributed by atoms with E-state index in [2.05, 4.69) is 24.5 Å². The van der Waals surface area contributed by atoms with Crippen LogP contribution in [0.4, 0.5) is 5.69 Å². The van der Waals surface area contributed by atoms with E-state index in [9.17, 15) is 9.59 Å². The average Bonchev–Trinajstić information content (AvgIpc) is 2.58. The molecule has 2 amide bonds. The molecule has 0 saturated heterocycles. The third-order valence-corrected chi connectivity index (χ3v) is 4.37. The Kier molecular flexibility index (Phi) is 7.75. The Balaban J connectivity index is 2.66. The van der Waals surface area contributed by atoms with E-state index in [1.165, 1.54) is 0 Å². The molecule has 23 heavy (non-hydrogen) atoms. The maximum absolute atomic E-state index is 12.1. The lowest BCUT2D eigenvalue weighted by Crippen LogP contribution is -2.36. The molecular formula is C18H28N2O3. The van der Waals surface area contributed by atoms with Crippen molar-refractivity contribution < 1.29 is 14.7 Å². The van der Waals surface area contributed by atoms with Gasteiger partial charge >= 0.3 is 0 Å². The first-order valence-electron chi connectivity index (χ1n) is 8.25. The van der Waals surface area contributed by atoms with Gasteiger partial charge < -0.3 is 15.7 Å². The molecule has 0 saturated carbocycles. The molecule has 0 spiro atoms. The molecule has 3 atom stereocenters. The number of aliphatic hydroxyl groups is 1. The normalized spacial score (nSPS) is 14.7. The molecule has 0 aliphatic rings. The summed E-state index contributed by atoms with van der Waals surface area (Å²) in [5.74, 6) is 0.0296. The average molecular weight is 320 g/mol. The van der Waals surface area contributed by atoms with Gasteiger partial charge in [0.2, 0.25) is 5.91 Å². The first-order valence-corrected chi connectivity index (χ1v) is 8.25. The second kappa shape index (κ2) is 9.30. The zero-order valence-corrected chi connectivity index (χ0v) is 14.4. The summed E-state index contributed by atoms with van der Waals surface area (Å²) in [5.41, 5.74) is 1.18. The standard InChI is InChI=1S/C18H28N2O3/c1-5-12(3)13(4)17(22)20-16-9-7-14(8-10-16)18(23)19-15(6-2)11-21/h7-10,12-13,15,21H,5-6,11H2,1-4H3,(H,19,23)(H,20,22). The van der Waals surface area contributed by atoms with Gasteiger partial charge in [0.05, 0.1) is 12.6 Å². The number of aliphatic hydroxyl groups excluding tert-OH is 1. The van der Waals surface area contributed by atoms with Crippen LogP contribution in [0.3, 0.4) is 0 Å².